The molecule has 0 amide bonds. The van der Waals surface area contributed by atoms with Gasteiger partial charge in [0.05, 0.1) is 17.5 Å². The minimum atomic E-state index is -0.291. The average Bonchev–Trinajstić information content (AvgIpc) is 3.03. The van der Waals surface area contributed by atoms with Gasteiger partial charge in [0.2, 0.25) is 0 Å². The van der Waals surface area contributed by atoms with Crippen molar-refractivity contribution < 1.29 is 5.11 Å². The Balaban J connectivity index is 1.69. The Bertz CT molecular complexity index is 802. The molecule has 1 aliphatic carbocycles. The van der Waals surface area contributed by atoms with Crippen LogP contribution in [0.3, 0.4) is 0 Å². The molecule has 0 saturated heterocycles. The maximum absolute atomic E-state index is 10.2. The summed E-state index contributed by atoms with van der Waals surface area (Å²) in [4.78, 5) is 11.0. The number of benzene rings is 1. The van der Waals surface area contributed by atoms with Crippen molar-refractivity contribution in [1.29, 1.82) is 0 Å². The number of aliphatic hydroxyl groups is 1. The van der Waals surface area contributed by atoms with Crippen LogP contribution in [-0.4, -0.2) is 27.2 Å². The van der Waals surface area contributed by atoms with Crippen LogP contribution in [0.25, 0.3) is 20.7 Å². The van der Waals surface area contributed by atoms with Crippen LogP contribution in [0, 0.1) is 0 Å². The molecule has 0 unspecified atom stereocenters. The van der Waals surface area contributed by atoms with E-state index in [4.69, 9.17) is 0 Å². The number of nitrogens with zero attached hydrogens (tertiary/aromatic N) is 2. The first-order chi connectivity index (χ1) is 11.3. The van der Waals surface area contributed by atoms with Gasteiger partial charge in [-0.15, -0.1) is 11.3 Å². The van der Waals surface area contributed by atoms with Crippen LogP contribution in [0.1, 0.15) is 25.7 Å². The third-order valence-corrected chi connectivity index (χ3v) is 5.53. The van der Waals surface area contributed by atoms with Crippen LogP contribution in [0.2, 0.25) is 0 Å². The molecule has 1 aliphatic rings. The Labute approximate surface area is 139 Å². The fourth-order valence-electron chi connectivity index (χ4n) is 3.17. The number of anilines is 1. The number of fused-ring (bicyclic) bond motifs is 1. The molecule has 1 fully saturated rings. The summed E-state index contributed by atoms with van der Waals surface area (Å²) in [6.45, 7) is 0. The van der Waals surface area contributed by atoms with E-state index in [1.165, 1.54) is 10.4 Å². The van der Waals surface area contributed by atoms with Crippen LogP contribution >= 0.6 is 11.3 Å². The van der Waals surface area contributed by atoms with Gasteiger partial charge < -0.3 is 10.4 Å². The molecular formula is C18H19N3OS. The Kier molecular flexibility index (Phi) is 3.97. The molecule has 0 aliphatic heterocycles. The number of hydrogen-bond donors (Lipinski definition) is 2. The minimum Gasteiger partial charge on any atom is -0.391 e. The van der Waals surface area contributed by atoms with Gasteiger partial charge in [-0.25, -0.2) is 9.97 Å². The lowest BCUT2D eigenvalue weighted by Gasteiger charge is -2.28. The smallest absolute Gasteiger partial charge is 0.138 e. The fraction of sp³-hybridized carbons (Fsp3) is 0.333. The first-order valence-electron chi connectivity index (χ1n) is 8.06. The number of rotatable bonds is 3. The number of thiophene rings is 1. The van der Waals surface area contributed by atoms with Crippen molar-refractivity contribution in [3.63, 3.8) is 0 Å². The third kappa shape index (κ3) is 2.94. The van der Waals surface area contributed by atoms with E-state index in [9.17, 15) is 5.11 Å². The van der Waals surface area contributed by atoms with E-state index in [0.29, 0.717) is 0 Å². The molecule has 23 heavy (non-hydrogen) atoms. The lowest BCUT2D eigenvalue weighted by molar-refractivity contribution is 0.116. The molecule has 2 aromatic heterocycles. The molecule has 4 rings (SSSR count). The highest BCUT2D eigenvalue weighted by molar-refractivity contribution is 7.21. The molecule has 0 spiro atoms. The zero-order chi connectivity index (χ0) is 15.6. The van der Waals surface area contributed by atoms with E-state index in [-0.39, 0.29) is 12.1 Å². The predicted octanol–water partition coefficient (Wildman–Crippen LogP) is 4.07. The van der Waals surface area contributed by atoms with Crippen molar-refractivity contribution in [3.05, 3.63) is 42.7 Å². The molecule has 1 aromatic carbocycles. The van der Waals surface area contributed by atoms with Crippen molar-refractivity contribution in [2.24, 2.45) is 0 Å². The Hall–Kier alpha value is -1.98. The van der Waals surface area contributed by atoms with Gasteiger partial charge in [-0.3, -0.25) is 0 Å². The second-order valence-electron chi connectivity index (χ2n) is 6.02. The van der Waals surface area contributed by atoms with Gasteiger partial charge in [0.25, 0.3) is 0 Å². The summed E-state index contributed by atoms with van der Waals surface area (Å²) in [5.74, 6) is 0.833. The summed E-state index contributed by atoms with van der Waals surface area (Å²) in [5.41, 5.74) is 1.19. The summed E-state index contributed by atoms with van der Waals surface area (Å²) < 4.78 is 0. The molecule has 0 bridgehead atoms. The Morgan fingerprint density at radius 3 is 2.74 bits per heavy atom. The monoisotopic (exact) mass is 325 g/mol. The number of aromatic nitrogens is 2. The molecular weight excluding hydrogens is 306 g/mol. The van der Waals surface area contributed by atoms with E-state index in [0.717, 1.165) is 41.7 Å². The van der Waals surface area contributed by atoms with Crippen molar-refractivity contribution >= 4 is 27.4 Å². The van der Waals surface area contributed by atoms with Crippen LogP contribution in [0.4, 0.5) is 5.82 Å². The number of aliphatic hydroxyl groups excluding tert-OH is 1. The van der Waals surface area contributed by atoms with Gasteiger partial charge in [0, 0.05) is 4.88 Å². The molecule has 3 aromatic rings. The zero-order valence-electron chi connectivity index (χ0n) is 12.8. The summed E-state index contributed by atoms with van der Waals surface area (Å²) >= 11 is 1.67. The maximum atomic E-state index is 10.2. The zero-order valence-corrected chi connectivity index (χ0v) is 13.6. The van der Waals surface area contributed by atoms with Crippen LogP contribution in [-0.2, 0) is 0 Å². The van der Waals surface area contributed by atoms with Gasteiger partial charge >= 0.3 is 0 Å². The highest BCUT2D eigenvalue weighted by Gasteiger charge is 2.24. The molecule has 5 heteroatoms. The number of nitrogens with one attached hydrogen (secondary N) is 1. The molecule has 1 saturated carbocycles. The normalized spacial score (nSPS) is 21.4. The molecule has 2 N–H and O–H groups in total. The van der Waals surface area contributed by atoms with Crippen LogP contribution < -0.4 is 5.32 Å². The van der Waals surface area contributed by atoms with E-state index in [1.54, 1.807) is 17.7 Å². The van der Waals surface area contributed by atoms with Crippen molar-refractivity contribution in [3.8, 4) is 10.4 Å². The quantitative estimate of drug-likeness (QED) is 0.762. The lowest BCUT2D eigenvalue weighted by Crippen LogP contribution is -2.36. The molecule has 118 valence electrons. The van der Waals surface area contributed by atoms with Gasteiger partial charge in [0.1, 0.15) is 17.0 Å². The second kappa shape index (κ2) is 6.26. The first kappa shape index (κ1) is 14.6. The standard InChI is InChI=1S/C18H19N3OS/c22-15-9-5-4-8-14(15)21-17-13-10-16(12-6-2-1-3-7-12)23-18(13)20-11-19-17/h1-3,6-7,10-11,14-15,22H,4-5,8-9H2,(H,19,20,21)/t14-,15-/m1/s1. The average molecular weight is 325 g/mol. The first-order valence-corrected chi connectivity index (χ1v) is 8.87. The van der Waals surface area contributed by atoms with Crippen molar-refractivity contribution in [1.82, 2.24) is 9.97 Å². The highest BCUT2D eigenvalue weighted by Crippen LogP contribution is 2.35. The molecule has 4 nitrogen and oxygen atoms in total. The van der Waals surface area contributed by atoms with E-state index in [2.05, 4.69) is 33.5 Å². The maximum Gasteiger partial charge on any atom is 0.138 e. The fourth-order valence-corrected chi connectivity index (χ4v) is 4.17. The van der Waals surface area contributed by atoms with Gasteiger partial charge in [-0.1, -0.05) is 43.2 Å². The van der Waals surface area contributed by atoms with Gasteiger partial charge in [-0.2, -0.15) is 0 Å². The van der Waals surface area contributed by atoms with Crippen molar-refractivity contribution in [2.45, 2.75) is 37.8 Å². The highest BCUT2D eigenvalue weighted by atomic mass is 32.1. The topological polar surface area (TPSA) is 58.0 Å². The summed E-state index contributed by atoms with van der Waals surface area (Å²) in [7, 11) is 0. The Morgan fingerprint density at radius 1 is 1.09 bits per heavy atom. The third-order valence-electron chi connectivity index (χ3n) is 4.44. The minimum absolute atomic E-state index is 0.0851. The van der Waals surface area contributed by atoms with Crippen molar-refractivity contribution in [2.75, 3.05) is 5.32 Å². The molecule has 2 heterocycles. The van der Waals surface area contributed by atoms with Crippen LogP contribution in [0.5, 0.6) is 0 Å². The SMILES string of the molecule is O[C@@H]1CCCC[C@H]1Nc1ncnc2sc(-c3ccccc3)cc12. The largest absolute Gasteiger partial charge is 0.391 e. The summed E-state index contributed by atoms with van der Waals surface area (Å²) in [6.07, 6.45) is 5.43. The van der Waals surface area contributed by atoms with E-state index in [1.807, 2.05) is 18.2 Å². The number of hydrogen-bond acceptors (Lipinski definition) is 5. The Morgan fingerprint density at radius 2 is 1.91 bits per heavy atom. The van der Waals surface area contributed by atoms with Gasteiger partial charge in [0.15, 0.2) is 0 Å². The van der Waals surface area contributed by atoms with E-state index >= 15 is 0 Å². The van der Waals surface area contributed by atoms with Gasteiger partial charge in [-0.05, 0) is 24.5 Å². The second-order valence-corrected chi connectivity index (χ2v) is 7.05. The van der Waals surface area contributed by atoms with Crippen LogP contribution in [0.15, 0.2) is 42.7 Å². The molecule has 0 radical (unpaired) electrons. The predicted molar refractivity (Wildman–Crippen MR) is 94.7 cm³/mol. The summed E-state index contributed by atoms with van der Waals surface area (Å²) in [5, 5.41) is 14.7. The summed E-state index contributed by atoms with van der Waals surface area (Å²) in [6, 6.07) is 12.6. The lowest BCUT2D eigenvalue weighted by atomic mass is 9.92. The molecule has 2 atom stereocenters. The van der Waals surface area contributed by atoms with E-state index < -0.39 is 0 Å².